The van der Waals surface area contributed by atoms with E-state index < -0.39 is 10.8 Å². The minimum atomic E-state index is -0.946. The lowest BCUT2D eigenvalue weighted by molar-refractivity contribution is 0.212. The summed E-state index contributed by atoms with van der Waals surface area (Å²) in [7, 11) is 0.562. The van der Waals surface area contributed by atoms with Crippen molar-refractivity contribution in [1.82, 2.24) is 0 Å². The van der Waals surface area contributed by atoms with E-state index in [2.05, 4.69) is 5.16 Å². The highest BCUT2D eigenvalue weighted by Crippen LogP contribution is 2.28. The third-order valence-electron chi connectivity index (χ3n) is 3.73. The maximum Gasteiger partial charge on any atom is 0.125 e. The Morgan fingerprint density at radius 1 is 1.23 bits per heavy atom. The van der Waals surface area contributed by atoms with Crippen LogP contribution in [0.3, 0.4) is 0 Å². The number of allylic oxidation sites excluding steroid dienone is 1. The van der Waals surface area contributed by atoms with E-state index >= 15 is 0 Å². The maximum absolute atomic E-state index is 12.1. The van der Waals surface area contributed by atoms with Gasteiger partial charge in [0.2, 0.25) is 0 Å². The van der Waals surface area contributed by atoms with Crippen LogP contribution in [0.15, 0.2) is 29.4 Å². The first-order valence-corrected chi connectivity index (χ1v) is 10.4. The first kappa shape index (κ1) is 22.2. The van der Waals surface area contributed by atoms with E-state index in [1.54, 1.807) is 0 Å². The predicted molar refractivity (Wildman–Crippen MR) is 109 cm³/mol. The van der Waals surface area contributed by atoms with Crippen molar-refractivity contribution in [2.24, 2.45) is 5.16 Å². The average Bonchev–Trinajstić information content (AvgIpc) is 2.60. The summed E-state index contributed by atoms with van der Waals surface area (Å²) in [6.45, 7) is 9.07. The Bertz CT molecular complexity index is 618. The molecule has 0 saturated heterocycles. The smallest absolute Gasteiger partial charge is 0.125 e. The van der Waals surface area contributed by atoms with Crippen LogP contribution in [0.1, 0.15) is 37.8 Å². The lowest BCUT2D eigenvalue weighted by Crippen LogP contribution is -2.14. The predicted octanol–water partition coefficient (Wildman–Crippen LogP) is 4.19. The van der Waals surface area contributed by atoms with Crippen molar-refractivity contribution in [2.75, 3.05) is 31.8 Å². The fraction of sp³-hybridized carbons (Fsp3) is 0.550. The highest BCUT2D eigenvalue weighted by atomic mass is 32.2. The molecule has 0 N–H and O–H groups in total. The van der Waals surface area contributed by atoms with Gasteiger partial charge in [-0.1, -0.05) is 24.2 Å². The molecule has 0 fully saturated rings. The number of aryl methyl sites for hydroxylation is 2. The Balaban J connectivity index is 2.47. The second-order valence-corrected chi connectivity index (χ2v) is 7.53. The van der Waals surface area contributed by atoms with Gasteiger partial charge < -0.3 is 14.3 Å². The number of hydrogen-bond acceptors (Lipinski definition) is 5. The molecule has 0 heterocycles. The van der Waals surface area contributed by atoms with Gasteiger partial charge in [-0.15, -0.1) is 0 Å². The minimum Gasteiger partial charge on any atom is -0.493 e. The van der Waals surface area contributed by atoms with E-state index in [0.29, 0.717) is 24.7 Å². The molecule has 0 bridgehead atoms. The fourth-order valence-corrected chi connectivity index (χ4v) is 3.65. The Hall–Kier alpha value is -1.82. The van der Waals surface area contributed by atoms with Gasteiger partial charge in [-0.25, -0.2) is 0 Å². The van der Waals surface area contributed by atoms with Gasteiger partial charge in [-0.3, -0.25) is 4.21 Å². The standard InChI is InChI=1S/C20H31NO4S/c1-6-8-10-24-19-13-16(3)20(17(4)14-19)25-11-9-12-26(22)15-18(7-2)21-23-5/h6,8,13-14H,7,9-12,15H2,1-5H3/b8-6+,21-18+. The molecule has 0 saturated carbocycles. The van der Waals surface area contributed by atoms with Gasteiger partial charge in [0.15, 0.2) is 0 Å². The molecule has 0 aromatic heterocycles. The number of rotatable bonds is 12. The third-order valence-corrected chi connectivity index (χ3v) is 5.13. The third kappa shape index (κ3) is 8.04. The van der Waals surface area contributed by atoms with E-state index in [1.807, 2.05) is 52.0 Å². The zero-order valence-electron chi connectivity index (χ0n) is 16.5. The highest BCUT2D eigenvalue weighted by Gasteiger charge is 2.09. The van der Waals surface area contributed by atoms with Crippen LogP contribution in [0.5, 0.6) is 11.5 Å². The number of hydrogen-bond donors (Lipinski definition) is 0. The van der Waals surface area contributed by atoms with E-state index in [4.69, 9.17) is 14.3 Å². The summed E-state index contributed by atoms with van der Waals surface area (Å²) >= 11 is 0. The molecule has 0 radical (unpaired) electrons. The quantitative estimate of drug-likeness (QED) is 0.236. The lowest BCUT2D eigenvalue weighted by Gasteiger charge is -2.14. The van der Waals surface area contributed by atoms with E-state index in [1.165, 1.54) is 7.11 Å². The van der Waals surface area contributed by atoms with Gasteiger partial charge in [-0.2, -0.15) is 0 Å². The molecular weight excluding hydrogens is 350 g/mol. The molecule has 26 heavy (non-hydrogen) atoms. The SMILES string of the molecule is C/C=C/COc1cc(C)c(OCCCS(=O)C/C(CC)=N/OC)c(C)c1. The van der Waals surface area contributed by atoms with Crippen LogP contribution in [-0.4, -0.2) is 41.7 Å². The molecule has 0 aliphatic heterocycles. The topological polar surface area (TPSA) is 57.1 Å². The molecule has 0 spiro atoms. The molecule has 1 atom stereocenters. The normalized spacial score (nSPS) is 13.0. The van der Waals surface area contributed by atoms with Crippen molar-refractivity contribution in [3.05, 3.63) is 35.4 Å². The fourth-order valence-electron chi connectivity index (χ4n) is 2.44. The van der Waals surface area contributed by atoms with Gasteiger partial charge in [0, 0.05) is 16.6 Å². The van der Waals surface area contributed by atoms with Gasteiger partial charge in [0.1, 0.15) is 25.2 Å². The average molecular weight is 382 g/mol. The van der Waals surface area contributed by atoms with Crippen LogP contribution in [0.25, 0.3) is 0 Å². The van der Waals surface area contributed by atoms with Gasteiger partial charge >= 0.3 is 0 Å². The molecule has 0 aliphatic carbocycles. The Labute approximate surface area is 159 Å². The van der Waals surface area contributed by atoms with Crippen molar-refractivity contribution in [3.8, 4) is 11.5 Å². The van der Waals surface area contributed by atoms with Gasteiger partial charge in [-0.05, 0) is 56.9 Å². The molecule has 5 nitrogen and oxygen atoms in total. The van der Waals surface area contributed by atoms with Crippen LogP contribution in [-0.2, 0) is 15.6 Å². The molecule has 1 aromatic rings. The molecule has 0 aliphatic rings. The molecule has 1 rings (SSSR count). The van der Waals surface area contributed by atoms with Gasteiger partial charge in [0.05, 0.1) is 18.1 Å². The first-order valence-electron chi connectivity index (χ1n) is 8.93. The number of oxime groups is 1. The summed E-state index contributed by atoms with van der Waals surface area (Å²) in [6, 6.07) is 3.97. The Morgan fingerprint density at radius 3 is 2.50 bits per heavy atom. The van der Waals surface area contributed by atoms with Crippen molar-refractivity contribution >= 4 is 16.5 Å². The molecule has 146 valence electrons. The minimum absolute atomic E-state index is 0.459. The number of ether oxygens (including phenoxy) is 2. The molecule has 0 amide bonds. The summed E-state index contributed by atoms with van der Waals surface area (Å²) in [5.74, 6) is 2.77. The second kappa shape index (κ2) is 12.5. The van der Waals surface area contributed by atoms with Crippen molar-refractivity contribution in [3.63, 3.8) is 0 Å². The number of nitrogens with zero attached hydrogens (tertiary/aromatic N) is 1. The van der Waals surface area contributed by atoms with E-state index in [9.17, 15) is 4.21 Å². The molecule has 1 unspecified atom stereocenters. The molecular formula is C20H31NO4S. The largest absolute Gasteiger partial charge is 0.493 e. The van der Waals surface area contributed by atoms with Crippen LogP contribution in [0.4, 0.5) is 0 Å². The lowest BCUT2D eigenvalue weighted by atomic mass is 10.1. The van der Waals surface area contributed by atoms with Crippen molar-refractivity contribution in [2.45, 2.75) is 40.5 Å². The van der Waals surface area contributed by atoms with E-state index in [0.717, 1.165) is 41.2 Å². The number of benzene rings is 1. The van der Waals surface area contributed by atoms with Crippen molar-refractivity contribution < 1.29 is 18.5 Å². The highest BCUT2D eigenvalue weighted by molar-refractivity contribution is 7.85. The zero-order chi connectivity index (χ0) is 19.4. The summed E-state index contributed by atoms with van der Waals surface area (Å²) < 4.78 is 23.7. The zero-order valence-corrected chi connectivity index (χ0v) is 17.4. The summed E-state index contributed by atoms with van der Waals surface area (Å²) in [5, 5.41) is 3.89. The van der Waals surface area contributed by atoms with Crippen LogP contribution < -0.4 is 9.47 Å². The van der Waals surface area contributed by atoms with Crippen LogP contribution in [0.2, 0.25) is 0 Å². The molecule has 1 aromatic carbocycles. The first-order chi connectivity index (χ1) is 12.5. The van der Waals surface area contributed by atoms with Gasteiger partial charge in [0.25, 0.3) is 0 Å². The molecule has 6 heteroatoms. The second-order valence-electron chi connectivity index (χ2n) is 5.95. The summed E-state index contributed by atoms with van der Waals surface area (Å²) in [5.41, 5.74) is 2.91. The van der Waals surface area contributed by atoms with E-state index in [-0.39, 0.29) is 0 Å². The van der Waals surface area contributed by atoms with Crippen molar-refractivity contribution in [1.29, 1.82) is 0 Å². The van der Waals surface area contributed by atoms with Crippen LogP contribution >= 0.6 is 0 Å². The maximum atomic E-state index is 12.1. The monoisotopic (exact) mass is 381 g/mol. The summed E-state index contributed by atoms with van der Waals surface area (Å²) in [4.78, 5) is 4.76. The Morgan fingerprint density at radius 2 is 1.92 bits per heavy atom. The van der Waals surface area contributed by atoms with Crippen LogP contribution in [0, 0.1) is 13.8 Å². The Kier molecular flexibility index (Phi) is 10.7. The summed E-state index contributed by atoms with van der Waals surface area (Å²) in [6.07, 6.45) is 5.41.